The van der Waals surface area contributed by atoms with Gasteiger partial charge >= 0.3 is 12.0 Å². The zero-order valence-corrected chi connectivity index (χ0v) is 10.3. The molecule has 1 aromatic carbocycles. The predicted octanol–water partition coefficient (Wildman–Crippen LogP) is 0.459. The minimum absolute atomic E-state index is 0.0513. The molecule has 0 aliphatic rings. The Labute approximate surface area is 109 Å². The van der Waals surface area contributed by atoms with Gasteiger partial charge in [-0.25, -0.2) is 14.0 Å². The van der Waals surface area contributed by atoms with Crippen LogP contribution in [0.1, 0.15) is 12.5 Å². The van der Waals surface area contributed by atoms with Crippen LogP contribution in [0.5, 0.6) is 0 Å². The van der Waals surface area contributed by atoms with Crippen molar-refractivity contribution in [2.75, 3.05) is 0 Å². The molecule has 1 aromatic rings. The van der Waals surface area contributed by atoms with Gasteiger partial charge in [-0.1, -0.05) is 12.1 Å². The van der Waals surface area contributed by atoms with Crippen LogP contribution in [0, 0.1) is 5.82 Å². The number of carboxylic acids is 1. The Morgan fingerprint density at radius 3 is 2.63 bits per heavy atom. The summed E-state index contributed by atoms with van der Waals surface area (Å²) in [4.78, 5) is 22.2. The Morgan fingerprint density at radius 1 is 1.42 bits per heavy atom. The molecule has 2 amide bonds. The summed E-state index contributed by atoms with van der Waals surface area (Å²) in [5.74, 6) is -1.76. The molecule has 0 saturated carbocycles. The molecule has 0 aliphatic heterocycles. The van der Waals surface area contributed by atoms with Gasteiger partial charge in [-0.15, -0.1) is 0 Å². The van der Waals surface area contributed by atoms with Crippen LogP contribution in [0.2, 0.25) is 0 Å². The number of hydrogen-bond acceptors (Lipinski definition) is 3. The monoisotopic (exact) mass is 270 g/mol. The average Bonchev–Trinajstić information content (AvgIpc) is 2.32. The number of nitrogens with one attached hydrogen (secondary N) is 2. The number of urea groups is 1. The highest BCUT2D eigenvalue weighted by Gasteiger charge is 2.24. The zero-order chi connectivity index (χ0) is 14.4. The number of aliphatic carboxylic acids is 1. The van der Waals surface area contributed by atoms with E-state index in [4.69, 9.17) is 5.11 Å². The van der Waals surface area contributed by atoms with Crippen LogP contribution in [0.3, 0.4) is 0 Å². The standard InChI is InChI=1S/C12H15FN2O4/c1-7(16)10(11(17)18)15-12(19)14-6-8-3-2-4-9(13)5-8/h2-5,7,10,16H,6H2,1H3,(H,17,18)(H2,14,15,19). The van der Waals surface area contributed by atoms with Crippen molar-refractivity contribution < 1.29 is 24.2 Å². The average molecular weight is 270 g/mol. The number of amides is 2. The first-order valence-corrected chi connectivity index (χ1v) is 5.60. The fourth-order valence-corrected chi connectivity index (χ4v) is 1.41. The Morgan fingerprint density at radius 2 is 2.11 bits per heavy atom. The number of benzene rings is 1. The lowest BCUT2D eigenvalue weighted by atomic mass is 10.2. The maximum Gasteiger partial charge on any atom is 0.328 e. The van der Waals surface area contributed by atoms with Crippen molar-refractivity contribution in [1.82, 2.24) is 10.6 Å². The Kier molecular flexibility index (Phi) is 5.25. The first-order chi connectivity index (χ1) is 8.90. The quantitative estimate of drug-likeness (QED) is 0.624. The summed E-state index contributed by atoms with van der Waals surface area (Å²) in [5, 5.41) is 22.4. The lowest BCUT2D eigenvalue weighted by Gasteiger charge is -2.17. The van der Waals surface area contributed by atoms with Gasteiger partial charge in [0.25, 0.3) is 0 Å². The number of aliphatic hydroxyl groups is 1. The zero-order valence-electron chi connectivity index (χ0n) is 10.3. The molecule has 104 valence electrons. The van der Waals surface area contributed by atoms with Gasteiger partial charge in [0.2, 0.25) is 0 Å². The lowest BCUT2D eigenvalue weighted by Crippen LogP contribution is -2.50. The van der Waals surface area contributed by atoms with Gasteiger partial charge in [0.1, 0.15) is 5.82 Å². The molecule has 0 bridgehead atoms. The van der Waals surface area contributed by atoms with E-state index < -0.39 is 30.0 Å². The molecular weight excluding hydrogens is 255 g/mol. The summed E-state index contributed by atoms with van der Waals surface area (Å²) < 4.78 is 12.9. The second-order valence-electron chi connectivity index (χ2n) is 4.01. The first kappa shape index (κ1) is 14.9. The molecule has 7 heteroatoms. The molecule has 2 unspecified atom stereocenters. The van der Waals surface area contributed by atoms with E-state index in [0.717, 1.165) is 0 Å². The van der Waals surface area contributed by atoms with Crippen molar-refractivity contribution in [3.63, 3.8) is 0 Å². The SMILES string of the molecule is CC(O)C(NC(=O)NCc1cccc(F)c1)C(=O)O. The molecule has 0 aliphatic carbocycles. The Hall–Kier alpha value is -2.15. The van der Waals surface area contributed by atoms with Crippen molar-refractivity contribution >= 4 is 12.0 Å². The van der Waals surface area contributed by atoms with E-state index in [0.29, 0.717) is 5.56 Å². The summed E-state index contributed by atoms with van der Waals surface area (Å²) in [5.41, 5.74) is 0.541. The second kappa shape index (κ2) is 6.69. The minimum atomic E-state index is -1.40. The van der Waals surface area contributed by atoms with E-state index in [1.807, 2.05) is 0 Å². The molecule has 0 radical (unpaired) electrons. The summed E-state index contributed by atoms with van der Waals surface area (Å²) in [6.07, 6.45) is -1.22. The Balaban J connectivity index is 2.49. The van der Waals surface area contributed by atoms with Gasteiger partial charge in [0.15, 0.2) is 6.04 Å². The van der Waals surface area contributed by atoms with Crippen LogP contribution in [0.25, 0.3) is 0 Å². The lowest BCUT2D eigenvalue weighted by molar-refractivity contribution is -0.141. The van der Waals surface area contributed by atoms with Crippen molar-refractivity contribution in [2.45, 2.75) is 25.6 Å². The van der Waals surface area contributed by atoms with Gasteiger partial charge < -0.3 is 20.8 Å². The van der Waals surface area contributed by atoms with Crippen LogP contribution in [-0.4, -0.2) is 34.4 Å². The van der Waals surface area contributed by atoms with Crippen molar-refractivity contribution in [3.8, 4) is 0 Å². The summed E-state index contributed by atoms with van der Waals surface area (Å²) in [6, 6.07) is 3.50. The molecule has 4 N–H and O–H groups in total. The van der Waals surface area contributed by atoms with Crippen LogP contribution in [-0.2, 0) is 11.3 Å². The van der Waals surface area contributed by atoms with Gasteiger partial charge in [0.05, 0.1) is 6.10 Å². The highest BCUT2D eigenvalue weighted by atomic mass is 19.1. The predicted molar refractivity (Wildman–Crippen MR) is 64.9 cm³/mol. The molecule has 2 atom stereocenters. The summed E-state index contributed by atoms with van der Waals surface area (Å²) >= 11 is 0. The fraction of sp³-hybridized carbons (Fsp3) is 0.333. The van der Waals surface area contributed by atoms with Crippen LogP contribution < -0.4 is 10.6 Å². The fourth-order valence-electron chi connectivity index (χ4n) is 1.41. The second-order valence-corrected chi connectivity index (χ2v) is 4.01. The summed E-state index contributed by atoms with van der Waals surface area (Å²) in [7, 11) is 0. The van der Waals surface area contributed by atoms with E-state index in [1.165, 1.54) is 25.1 Å². The van der Waals surface area contributed by atoms with E-state index in [2.05, 4.69) is 10.6 Å². The number of carbonyl (C=O) groups excluding carboxylic acids is 1. The molecule has 0 heterocycles. The van der Waals surface area contributed by atoms with Crippen LogP contribution in [0.4, 0.5) is 9.18 Å². The molecule has 0 fully saturated rings. The number of hydrogen-bond donors (Lipinski definition) is 4. The van der Waals surface area contributed by atoms with Crippen molar-refractivity contribution in [1.29, 1.82) is 0 Å². The molecule has 19 heavy (non-hydrogen) atoms. The molecule has 0 saturated heterocycles. The topological polar surface area (TPSA) is 98.7 Å². The van der Waals surface area contributed by atoms with E-state index >= 15 is 0 Å². The smallest absolute Gasteiger partial charge is 0.328 e. The minimum Gasteiger partial charge on any atom is -0.480 e. The van der Waals surface area contributed by atoms with Crippen LogP contribution in [0.15, 0.2) is 24.3 Å². The third-order valence-corrected chi connectivity index (χ3v) is 2.38. The highest BCUT2D eigenvalue weighted by molar-refractivity contribution is 5.82. The number of aliphatic hydroxyl groups excluding tert-OH is 1. The third-order valence-electron chi connectivity index (χ3n) is 2.38. The van der Waals surface area contributed by atoms with Crippen molar-refractivity contribution in [2.24, 2.45) is 0 Å². The number of halogens is 1. The van der Waals surface area contributed by atoms with Gasteiger partial charge in [-0.2, -0.15) is 0 Å². The van der Waals surface area contributed by atoms with E-state index in [-0.39, 0.29) is 6.54 Å². The number of carbonyl (C=O) groups is 2. The molecule has 6 nitrogen and oxygen atoms in total. The molecular formula is C12H15FN2O4. The van der Waals surface area contributed by atoms with Gasteiger partial charge in [0, 0.05) is 6.54 Å². The number of carboxylic acid groups (broad SMARTS) is 1. The third kappa shape index (κ3) is 4.92. The molecule has 0 aromatic heterocycles. The Bertz CT molecular complexity index is 465. The maximum absolute atomic E-state index is 12.9. The highest BCUT2D eigenvalue weighted by Crippen LogP contribution is 2.02. The van der Waals surface area contributed by atoms with Crippen LogP contribution >= 0.6 is 0 Å². The molecule has 1 rings (SSSR count). The van der Waals surface area contributed by atoms with Gasteiger partial charge in [-0.05, 0) is 24.6 Å². The molecule has 0 spiro atoms. The maximum atomic E-state index is 12.9. The van der Waals surface area contributed by atoms with Crippen molar-refractivity contribution in [3.05, 3.63) is 35.6 Å². The number of rotatable bonds is 5. The summed E-state index contributed by atoms with van der Waals surface area (Å²) in [6.45, 7) is 1.31. The normalized spacial score (nSPS) is 13.4. The van der Waals surface area contributed by atoms with Gasteiger partial charge in [-0.3, -0.25) is 0 Å². The van der Waals surface area contributed by atoms with E-state index in [9.17, 15) is 19.1 Å². The first-order valence-electron chi connectivity index (χ1n) is 5.60. The van der Waals surface area contributed by atoms with E-state index in [1.54, 1.807) is 6.07 Å². The largest absolute Gasteiger partial charge is 0.480 e.